The summed E-state index contributed by atoms with van der Waals surface area (Å²) in [5.41, 5.74) is 1.26. The Kier molecular flexibility index (Phi) is 5.18. The van der Waals surface area contributed by atoms with Gasteiger partial charge in [0.2, 0.25) is 5.91 Å². The molecule has 1 fully saturated rings. The Labute approximate surface area is 148 Å². The molecule has 1 saturated heterocycles. The van der Waals surface area contributed by atoms with Gasteiger partial charge in [-0.15, -0.1) is 11.8 Å². The van der Waals surface area contributed by atoms with Crippen LogP contribution in [0.25, 0.3) is 0 Å². The molecule has 1 aromatic rings. The van der Waals surface area contributed by atoms with E-state index in [0.29, 0.717) is 5.88 Å². The molecule has 2 amide bonds. The fourth-order valence-corrected chi connectivity index (χ4v) is 3.67. The summed E-state index contributed by atoms with van der Waals surface area (Å²) in [4.78, 5) is 26.8. The number of amides is 2. The average Bonchev–Trinajstić information content (AvgIpc) is 2.75. The molecule has 2 rings (SSSR count). The molecule has 0 spiro atoms. The Balaban J connectivity index is 2.17. The van der Waals surface area contributed by atoms with Crippen molar-refractivity contribution in [3.63, 3.8) is 0 Å². The molecule has 1 heterocycles. The third-order valence-corrected chi connectivity index (χ3v) is 5.12. The molecule has 0 unspecified atom stereocenters. The van der Waals surface area contributed by atoms with E-state index in [2.05, 4.69) is 5.32 Å². The van der Waals surface area contributed by atoms with Gasteiger partial charge in [0.1, 0.15) is 11.6 Å². The zero-order chi connectivity index (χ0) is 18.1. The number of hydrogen-bond acceptors (Lipinski definition) is 4. The Bertz CT molecular complexity index is 620. The van der Waals surface area contributed by atoms with Gasteiger partial charge in [-0.1, -0.05) is 17.7 Å². The van der Waals surface area contributed by atoms with Gasteiger partial charge in [0, 0.05) is 10.4 Å². The highest BCUT2D eigenvalue weighted by molar-refractivity contribution is 8.00. The molecule has 1 aliphatic rings. The van der Waals surface area contributed by atoms with Gasteiger partial charge in [-0.05, 0) is 53.7 Å². The third-order valence-electron chi connectivity index (χ3n) is 3.74. The average molecular weight is 350 g/mol. The molecular formula is C18H26N2O3S. The topological polar surface area (TPSA) is 58.6 Å². The van der Waals surface area contributed by atoms with Gasteiger partial charge in [0.15, 0.2) is 0 Å². The minimum atomic E-state index is -0.591. The third kappa shape index (κ3) is 4.44. The van der Waals surface area contributed by atoms with Crippen molar-refractivity contribution in [2.45, 2.75) is 57.9 Å². The van der Waals surface area contributed by atoms with Crippen molar-refractivity contribution >= 4 is 29.4 Å². The fraction of sp³-hybridized carbons (Fsp3) is 0.556. The van der Waals surface area contributed by atoms with Gasteiger partial charge < -0.3 is 10.1 Å². The highest BCUT2D eigenvalue weighted by Crippen LogP contribution is 2.40. The second-order valence-electron chi connectivity index (χ2n) is 7.58. The minimum absolute atomic E-state index is 0.195. The number of benzene rings is 1. The van der Waals surface area contributed by atoms with E-state index in [1.807, 2.05) is 65.8 Å². The maximum absolute atomic E-state index is 12.8. The summed E-state index contributed by atoms with van der Waals surface area (Å²) in [7, 11) is 0. The summed E-state index contributed by atoms with van der Waals surface area (Å²) in [5, 5.41) is 2.91. The van der Waals surface area contributed by atoms with Crippen LogP contribution in [0.4, 0.5) is 10.5 Å². The van der Waals surface area contributed by atoms with Crippen LogP contribution in [0.3, 0.4) is 0 Å². The summed E-state index contributed by atoms with van der Waals surface area (Å²) in [5.74, 6) is 0.244. The van der Waals surface area contributed by atoms with Crippen LogP contribution in [0.15, 0.2) is 24.3 Å². The van der Waals surface area contributed by atoms with Gasteiger partial charge in [-0.25, -0.2) is 4.79 Å². The van der Waals surface area contributed by atoms with Crippen molar-refractivity contribution in [3.8, 4) is 0 Å². The maximum Gasteiger partial charge on any atom is 0.411 e. The number of hydrogen-bond donors (Lipinski definition) is 1. The SMILES string of the molecule is Cc1ccc(NC(=O)[C@@H]2N(C(=O)OC(C)(C)C)CSC2(C)C)cc1. The van der Waals surface area contributed by atoms with Crippen LogP contribution in [0, 0.1) is 6.92 Å². The second-order valence-corrected chi connectivity index (χ2v) is 9.18. The van der Waals surface area contributed by atoms with Crippen LogP contribution < -0.4 is 5.32 Å². The second kappa shape index (κ2) is 6.67. The smallest absolute Gasteiger partial charge is 0.411 e. The van der Waals surface area contributed by atoms with Crippen LogP contribution >= 0.6 is 11.8 Å². The van der Waals surface area contributed by atoms with Crippen molar-refractivity contribution in [1.29, 1.82) is 0 Å². The molecule has 1 N–H and O–H groups in total. The van der Waals surface area contributed by atoms with E-state index in [0.717, 1.165) is 11.3 Å². The van der Waals surface area contributed by atoms with Gasteiger partial charge in [-0.2, -0.15) is 0 Å². The van der Waals surface area contributed by atoms with Crippen LogP contribution in [-0.2, 0) is 9.53 Å². The monoisotopic (exact) mass is 350 g/mol. The lowest BCUT2D eigenvalue weighted by Gasteiger charge is -2.31. The molecule has 6 heteroatoms. The van der Waals surface area contributed by atoms with Crippen LogP contribution in [-0.4, -0.2) is 39.2 Å². The van der Waals surface area contributed by atoms with Gasteiger partial charge >= 0.3 is 6.09 Å². The van der Waals surface area contributed by atoms with E-state index < -0.39 is 17.7 Å². The number of rotatable bonds is 2. The van der Waals surface area contributed by atoms with Crippen molar-refractivity contribution in [2.75, 3.05) is 11.2 Å². The first-order valence-electron chi connectivity index (χ1n) is 8.01. The van der Waals surface area contributed by atoms with E-state index in [-0.39, 0.29) is 10.7 Å². The Morgan fingerprint density at radius 2 is 1.83 bits per heavy atom. The molecule has 0 aromatic heterocycles. The van der Waals surface area contributed by atoms with Crippen LogP contribution in [0.2, 0.25) is 0 Å². The highest BCUT2D eigenvalue weighted by atomic mass is 32.2. The minimum Gasteiger partial charge on any atom is -0.444 e. The lowest BCUT2D eigenvalue weighted by molar-refractivity contribution is -0.121. The Morgan fingerprint density at radius 3 is 2.38 bits per heavy atom. The molecule has 0 saturated carbocycles. The zero-order valence-electron chi connectivity index (χ0n) is 15.2. The van der Waals surface area contributed by atoms with E-state index in [9.17, 15) is 9.59 Å². The Hall–Kier alpha value is -1.69. The number of thioether (sulfide) groups is 1. The zero-order valence-corrected chi connectivity index (χ0v) is 16.0. The number of ether oxygens (including phenoxy) is 1. The standard InChI is InChI=1S/C18H26N2O3S/c1-12-7-9-13(10-8-12)19-15(21)14-18(5,6)24-11-20(14)16(22)23-17(2,3)4/h7-10,14H,11H2,1-6H3,(H,19,21)/t14-/m0/s1. The van der Waals surface area contributed by atoms with Crippen LogP contribution in [0.5, 0.6) is 0 Å². The van der Waals surface area contributed by atoms with Crippen molar-refractivity contribution in [1.82, 2.24) is 4.90 Å². The van der Waals surface area contributed by atoms with Crippen molar-refractivity contribution in [3.05, 3.63) is 29.8 Å². The molecule has 0 bridgehead atoms. The van der Waals surface area contributed by atoms with E-state index in [1.165, 1.54) is 4.90 Å². The first kappa shape index (κ1) is 18.6. The molecule has 0 aliphatic carbocycles. The predicted octanol–water partition coefficient (Wildman–Crippen LogP) is 4.02. The van der Waals surface area contributed by atoms with Crippen molar-refractivity contribution < 1.29 is 14.3 Å². The number of carbonyl (C=O) groups excluding carboxylic acids is 2. The summed E-state index contributed by atoms with van der Waals surface area (Å²) in [6.07, 6.45) is -0.454. The first-order chi connectivity index (χ1) is 11.0. The molecule has 0 radical (unpaired) electrons. The predicted molar refractivity (Wildman–Crippen MR) is 98.2 cm³/mol. The Morgan fingerprint density at radius 1 is 1.25 bits per heavy atom. The van der Waals surface area contributed by atoms with Crippen LogP contribution in [0.1, 0.15) is 40.2 Å². The van der Waals surface area contributed by atoms with E-state index in [1.54, 1.807) is 11.8 Å². The number of anilines is 1. The summed E-state index contributed by atoms with van der Waals surface area (Å²) >= 11 is 1.58. The first-order valence-corrected chi connectivity index (χ1v) is 8.99. The quantitative estimate of drug-likeness (QED) is 0.875. The number of aryl methyl sites for hydroxylation is 1. The molecular weight excluding hydrogens is 324 g/mol. The normalized spacial score (nSPS) is 19.9. The lowest BCUT2D eigenvalue weighted by atomic mass is 10.0. The number of carbonyl (C=O) groups is 2. The fourth-order valence-electron chi connectivity index (χ4n) is 2.55. The lowest BCUT2D eigenvalue weighted by Crippen LogP contribution is -2.52. The van der Waals surface area contributed by atoms with E-state index in [4.69, 9.17) is 4.74 Å². The van der Waals surface area contributed by atoms with Gasteiger partial charge in [0.25, 0.3) is 0 Å². The summed E-state index contributed by atoms with van der Waals surface area (Å²) in [6, 6.07) is 7.02. The summed E-state index contributed by atoms with van der Waals surface area (Å²) in [6.45, 7) is 11.4. The highest BCUT2D eigenvalue weighted by Gasteiger charge is 2.49. The molecule has 1 atom stereocenters. The van der Waals surface area contributed by atoms with Gasteiger partial charge in [0.05, 0.1) is 5.88 Å². The summed E-state index contributed by atoms with van der Waals surface area (Å²) < 4.78 is 5.07. The maximum atomic E-state index is 12.8. The molecule has 1 aliphatic heterocycles. The number of nitrogens with zero attached hydrogens (tertiary/aromatic N) is 1. The molecule has 1 aromatic carbocycles. The van der Waals surface area contributed by atoms with E-state index >= 15 is 0 Å². The molecule has 5 nitrogen and oxygen atoms in total. The van der Waals surface area contributed by atoms with Crippen molar-refractivity contribution in [2.24, 2.45) is 0 Å². The number of nitrogens with one attached hydrogen (secondary N) is 1. The largest absolute Gasteiger partial charge is 0.444 e. The molecule has 132 valence electrons. The van der Waals surface area contributed by atoms with Gasteiger partial charge in [-0.3, -0.25) is 9.69 Å². The molecule has 24 heavy (non-hydrogen) atoms.